The minimum Gasteiger partial charge on any atom is -0.372 e. The Morgan fingerprint density at radius 1 is 1.15 bits per heavy atom. The quantitative estimate of drug-likeness (QED) is 0.769. The first-order valence-electron chi connectivity index (χ1n) is 6.31. The molecule has 0 aliphatic rings. The Labute approximate surface area is 120 Å². The number of aryl methyl sites for hydroxylation is 2. The monoisotopic (exact) mass is 287 g/mol. The molecule has 0 unspecified atom stereocenters. The van der Waals surface area contributed by atoms with E-state index >= 15 is 0 Å². The minimum absolute atomic E-state index is 0.212. The molecule has 0 saturated carbocycles. The van der Waals surface area contributed by atoms with Crippen molar-refractivity contribution in [3.63, 3.8) is 0 Å². The molecule has 102 valence electrons. The van der Waals surface area contributed by atoms with Gasteiger partial charge in [0.05, 0.1) is 5.39 Å². The number of hydrogen-bond acceptors (Lipinski definition) is 4. The van der Waals surface area contributed by atoms with Crippen LogP contribution in [0, 0.1) is 19.7 Å². The van der Waals surface area contributed by atoms with Crippen LogP contribution in [-0.2, 0) is 0 Å². The number of benzene rings is 1. The molecule has 2 aromatic heterocycles. The van der Waals surface area contributed by atoms with E-state index < -0.39 is 0 Å². The standard InChI is InChI=1S/C15H14FN3S/c1-8-6-10(4-5-12(8)16)13-18-14(17-3)11-7-9(2)20-15(11)19-13/h4-7H,1-3H3,(H,17,18,19). The lowest BCUT2D eigenvalue weighted by molar-refractivity contribution is 0.618. The van der Waals surface area contributed by atoms with Crippen molar-refractivity contribution in [3.8, 4) is 11.4 Å². The fourth-order valence-corrected chi connectivity index (χ4v) is 3.02. The van der Waals surface area contributed by atoms with Gasteiger partial charge in [-0.3, -0.25) is 0 Å². The topological polar surface area (TPSA) is 37.8 Å². The van der Waals surface area contributed by atoms with Crippen LogP contribution in [0.3, 0.4) is 0 Å². The van der Waals surface area contributed by atoms with Crippen LogP contribution in [0.5, 0.6) is 0 Å². The molecule has 0 bridgehead atoms. The molecule has 0 spiro atoms. The van der Waals surface area contributed by atoms with Crippen molar-refractivity contribution in [3.05, 3.63) is 40.5 Å². The summed E-state index contributed by atoms with van der Waals surface area (Å²) in [6, 6.07) is 7.02. The number of thiophene rings is 1. The summed E-state index contributed by atoms with van der Waals surface area (Å²) in [6.07, 6.45) is 0. The molecule has 0 saturated heterocycles. The van der Waals surface area contributed by atoms with Crippen molar-refractivity contribution in [2.24, 2.45) is 0 Å². The van der Waals surface area contributed by atoms with E-state index in [0.29, 0.717) is 11.4 Å². The fraction of sp³-hybridized carbons (Fsp3) is 0.200. The molecule has 0 fully saturated rings. The largest absolute Gasteiger partial charge is 0.372 e. The van der Waals surface area contributed by atoms with Crippen LogP contribution in [-0.4, -0.2) is 17.0 Å². The lowest BCUT2D eigenvalue weighted by Crippen LogP contribution is -1.97. The second-order valence-electron chi connectivity index (χ2n) is 4.69. The summed E-state index contributed by atoms with van der Waals surface area (Å²) in [4.78, 5) is 11.3. The SMILES string of the molecule is CNc1nc(-c2ccc(F)c(C)c2)nc2sc(C)cc12. The van der Waals surface area contributed by atoms with Crippen molar-refractivity contribution < 1.29 is 4.39 Å². The molecule has 3 aromatic rings. The van der Waals surface area contributed by atoms with Gasteiger partial charge in [0.2, 0.25) is 0 Å². The third-order valence-corrected chi connectivity index (χ3v) is 4.11. The Bertz CT molecular complexity index is 795. The van der Waals surface area contributed by atoms with Crippen LogP contribution in [0.25, 0.3) is 21.6 Å². The van der Waals surface area contributed by atoms with E-state index in [9.17, 15) is 4.39 Å². The molecular weight excluding hydrogens is 273 g/mol. The Balaban J connectivity index is 2.22. The molecule has 5 heteroatoms. The minimum atomic E-state index is -0.212. The van der Waals surface area contributed by atoms with E-state index in [1.54, 1.807) is 30.4 Å². The van der Waals surface area contributed by atoms with Crippen LogP contribution in [0.4, 0.5) is 10.2 Å². The molecule has 1 N–H and O–H groups in total. The van der Waals surface area contributed by atoms with Gasteiger partial charge in [-0.1, -0.05) is 0 Å². The highest BCUT2D eigenvalue weighted by Gasteiger charge is 2.11. The van der Waals surface area contributed by atoms with Gasteiger partial charge in [0.15, 0.2) is 5.82 Å². The Kier molecular flexibility index (Phi) is 3.14. The van der Waals surface area contributed by atoms with Crippen molar-refractivity contribution in [1.82, 2.24) is 9.97 Å². The van der Waals surface area contributed by atoms with Gasteiger partial charge < -0.3 is 5.32 Å². The average Bonchev–Trinajstić information content (AvgIpc) is 2.80. The number of nitrogens with zero attached hydrogens (tertiary/aromatic N) is 2. The van der Waals surface area contributed by atoms with Gasteiger partial charge in [0, 0.05) is 17.5 Å². The maximum Gasteiger partial charge on any atom is 0.163 e. The van der Waals surface area contributed by atoms with Crippen LogP contribution < -0.4 is 5.32 Å². The highest BCUT2D eigenvalue weighted by molar-refractivity contribution is 7.18. The molecule has 0 amide bonds. The van der Waals surface area contributed by atoms with Crippen molar-refractivity contribution in [2.45, 2.75) is 13.8 Å². The number of halogens is 1. The average molecular weight is 287 g/mol. The number of fused-ring (bicyclic) bond motifs is 1. The smallest absolute Gasteiger partial charge is 0.163 e. The molecule has 20 heavy (non-hydrogen) atoms. The second-order valence-corrected chi connectivity index (χ2v) is 5.92. The third-order valence-electron chi connectivity index (χ3n) is 3.17. The van der Waals surface area contributed by atoms with Crippen LogP contribution in [0.15, 0.2) is 24.3 Å². The van der Waals surface area contributed by atoms with Gasteiger partial charge in [0.1, 0.15) is 16.5 Å². The summed E-state index contributed by atoms with van der Waals surface area (Å²) in [5, 5.41) is 4.13. The van der Waals surface area contributed by atoms with Gasteiger partial charge in [-0.15, -0.1) is 11.3 Å². The zero-order chi connectivity index (χ0) is 14.3. The molecule has 0 aliphatic heterocycles. The molecule has 0 radical (unpaired) electrons. The van der Waals surface area contributed by atoms with Gasteiger partial charge in [0.25, 0.3) is 0 Å². The van der Waals surface area contributed by atoms with E-state index in [-0.39, 0.29) is 5.82 Å². The van der Waals surface area contributed by atoms with Crippen LogP contribution in [0.2, 0.25) is 0 Å². The van der Waals surface area contributed by atoms with E-state index in [1.807, 2.05) is 14.0 Å². The first-order chi connectivity index (χ1) is 9.58. The summed E-state index contributed by atoms with van der Waals surface area (Å²) in [5.74, 6) is 1.21. The molecule has 0 aliphatic carbocycles. The first kappa shape index (κ1) is 13.0. The van der Waals surface area contributed by atoms with Crippen LogP contribution in [0.1, 0.15) is 10.4 Å². The summed E-state index contributed by atoms with van der Waals surface area (Å²) in [5.41, 5.74) is 1.42. The normalized spacial score (nSPS) is 11.0. The predicted octanol–water partition coefficient (Wildman–Crippen LogP) is 4.16. The van der Waals surface area contributed by atoms with E-state index in [0.717, 1.165) is 21.6 Å². The van der Waals surface area contributed by atoms with E-state index in [4.69, 9.17) is 0 Å². The molecule has 1 aromatic carbocycles. The first-order valence-corrected chi connectivity index (χ1v) is 7.12. The van der Waals surface area contributed by atoms with Gasteiger partial charge in [-0.05, 0) is 43.7 Å². The Morgan fingerprint density at radius 3 is 2.65 bits per heavy atom. The molecular formula is C15H14FN3S. The Morgan fingerprint density at radius 2 is 1.95 bits per heavy atom. The summed E-state index contributed by atoms with van der Waals surface area (Å²) >= 11 is 1.63. The van der Waals surface area contributed by atoms with E-state index in [2.05, 4.69) is 21.4 Å². The molecule has 3 nitrogen and oxygen atoms in total. The van der Waals surface area contributed by atoms with E-state index in [1.165, 1.54) is 10.9 Å². The number of nitrogens with one attached hydrogen (secondary N) is 1. The maximum atomic E-state index is 13.4. The van der Waals surface area contributed by atoms with Gasteiger partial charge >= 0.3 is 0 Å². The number of hydrogen-bond donors (Lipinski definition) is 1. The highest BCUT2D eigenvalue weighted by Crippen LogP contribution is 2.31. The number of rotatable bonds is 2. The van der Waals surface area contributed by atoms with Crippen molar-refractivity contribution in [1.29, 1.82) is 0 Å². The fourth-order valence-electron chi connectivity index (χ4n) is 2.15. The lowest BCUT2D eigenvalue weighted by atomic mass is 10.1. The predicted molar refractivity (Wildman–Crippen MR) is 81.8 cm³/mol. The van der Waals surface area contributed by atoms with Gasteiger partial charge in [-0.25, -0.2) is 14.4 Å². The van der Waals surface area contributed by atoms with Gasteiger partial charge in [-0.2, -0.15) is 0 Å². The summed E-state index contributed by atoms with van der Waals surface area (Å²) in [7, 11) is 1.84. The number of aromatic nitrogens is 2. The lowest BCUT2D eigenvalue weighted by Gasteiger charge is -2.06. The molecule has 2 heterocycles. The van der Waals surface area contributed by atoms with Crippen molar-refractivity contribution in [2.75, 3.05) is 12.4 Å². The maximum absolute atomic E-state index is 13.4. The summed E-state index contributed by atoms with van der Waals surface area (Å²) in [6.45, 7) is 3.79. The molecule has 0 atom stereocenters. The zero-order valence-corrected chi connectivity index (χ0v) is 12.3. The summed E-state index contributed by atoms with van der Waals surface area (Å²) < 4.78 is 13.4. The second kappa shape index (κ2) is 4.83. The molecule has 3 rings (SSSR count). The van der Waals surface area contributed by atoms with Crippen LogP contribution >= 0.6 is 11.3 Å². The number of anilines is 1. The third kappa shape index (κ3) is 2.14. The Hall–Kier alpha value is -2.01. The highest BCUT2D eigenvalue weighted by atomic mass is 32.1. The van der Waals surface area contributed by atoms with Crippen molar-refractivity contribution >= 4 is 27.4 Å². The zero-order valence-electron chi connectivity index (χ0n) is 11.5.